The molecule has 27 heavy (non-hydrogen) atoms. The highest BCUT2D eigenvalue weighted by atomic mass is 32.2. The number of thioether (sulfide) groups is 1. The van der Waals surface area contributed by atoms with Gasteiger partial charge in [-0.25, -0.2) is 0 Å². The van der Waals surface area contributed by atoms with E-state index in [1.165, 1.54) is 7.11 Å². The molecular formula is C19H21NO6S. The van der Waals surface area contributed by atoms with Crippen molar-refractivity contribution in [2.75, 3.05) is 20.3 Å². The summed E-state index contributed by atoms with van der Waals surface area (Å²) in [5.41, 5.74) is 0.575. The van der Waals surface area contributed by atoms with Gasteiger partial charge in [0.05, 0.1) is 18.1 Å². The van der Waals surface area contributed by atoms with Crippen LogP contribution in [0.2, 0.25) is 0 Å². The second kappa shape index (κ2) is 9.27. The van der Waals surface area contributed by atoms with Crippen LogP contribution in [0.25, 0.3) is 6.08 Å². The molecule has 2 rings (SSSR count). The number of methoxy groups -OCH3 is 1. The summed E-state index contributed by atoms with van der Waals surface area (Å²) in [5.74, 6) is -0.260. The molecule has 0 radical (unpaired) electrons. The summed E-state index contributed by atoms with van der Waals surface area (Å²) in [5, 5.41) is -0.525. The van der Waals surface area contributed by atoms with Crippen molar-refractivity contribution in [3.05, 3.63) is 41.3 Å². The summed E-state index contributed by atoms with van der Waals surface area (Å²) < 4.78 is 15.9. The first-order valence-electron chi connectivity index (χ1n) is 8.23. The maximum Gasteiger partial charge on any atom is 0.326 e. The monoisotopic (exact) mass is 391 g/mol. The van der Waals surface area contributed by atoms with Gasteiger partial charge in [0.1, 0.15) is 13.2 Å². The van der Waals surface area contributed by atoms with Gasteiger partial charge in [0.2, 0.25) is 0 Å². The summed E-state index contributed by atoms with van der Waals surface area (Å²) in [7, 11) is 1.51. The molecule has 1 aromatic carbocycles. The van der Waals surface area contributed by atoms with Crippen molar-refractivity contribution in [3.8, 4) is 11.5 Å². The summed E-state index contributed by atoms with van der Waals surface area (Å²) in [6.45, 7) is 6.83. The second-order valence-corrected chi connectivity index (χ2v) is 6.78. The van der Waals surface area contributed by atoms with Crippen molar-refractivity contribution < 1.29 is 28.6 Å². The number of amides is 2. The quantitative estimate of drug-likeness (QED) is 0.382. The molecule has 7 nitrogen and oxygen atoms in total. The van der Waals surface area contributed by atoms with Crippen molar-refractivity contribution in [2.24, 2.45) is 0 Å². The molecule has 0 saturated carbocycles. The molecule has 1 aromatic rings. The maximum atomic E-state index is 12.5. The molecule has 1 aliphatic rings. The predicted molar refractivity (Wildman–Crippen MR) is 103 cm³/mol. The number of para-hydroxylation sites is 1. The van der Waals surface area contributed by atoms with Crippen LogP contribution in [-0.4, -0.2) is 48.4 Å². The van der Waals surface area contributed by atoms with E-state index >= 15 is 0 Å². The topological polar surface area (TPSA) is 82.1 Å². The lowest BCUT2D eigenvalue weighted by atomic mass is 10.1. The third kappa shape index (κ3) is 5.13. The number of esters is 1. The van der Waals surface area contributed by atoms with Gasteiger partial charge < -0.3 is 14.2 Å². The fourth-order valence-corrected chi connectivity index (χ4v) is 3.14. The number of hydrogen-bond donors (Lipinski definition) is 0. The Kier molecular flexibility index (Phi) is 7.06. The summed E-state index contributed by atoms with van der Waals surface area (Å²) in [6, 6.07) is 5.21. The lowest BCUT2D eigenvalue weighted by Gasteiger charge is -2.13. The summed E-state index contributed by atoms with van der Waals surface area (Å²) in [4.78, 5) is 37.5. The second-order valence-electron chi connectivity index (χ2n) is 5.78. The average molecular weight is 391 g/mol. The Morgan fingerprint density at radius 2 is 2.07 bits per heavy atom. The average Bonchev–Trinajstić information content (AvgIpc) is 2.87. The zero-order chi connectivity index (χ0) is 20.0. The molecule has 1 aliphatic heterocycles. The molecule has 0 aromatic heterocycles. The van der Waals surface area contributed by atoms with Gasteiger partial charge in [-0.1, -0.05) is 24.8 Å². The van der Waals surface area contributed by atoms with Gasteiger partial charge in [-0.3, -0.25) is 19.3 Å². The predicted octanol–water partition coefficient (Wildman–Crippen LogP) is 3.25. The van der Waals surface area contributed by atoms with Gasteiger partial charge in [-0.15, -0.1) is 0 Å². The minimum absolute atomic E-state index is 0.189. The highest BCUT2D eigenvalue weighted by Crippen LogP contribution is 2.37. The first kappa shape index (κ1) is 20.6. The maximum absolute atomic E-state index is 12.5. The van der Waals surface area contributed by atoms with E-state index in [0.29, 0.717) is 17.1 Å². The van der Waals surface area contributed by atoms with Crippen LogP contribution in [0, 0.1) is 0 Å². The van der Waals surface area contributed by atoms with Crippen LogP contribution < -0.4 is 9.47 Å². The van der Waals surface area contributed by atoms with Crippen LogP contribution in [0.15, 0.2) is 35.8 Å². The van der Waals surface area contributed by atoms with Crippen molar-refractivity contribution in [1.29, 1.82) is 0 Å². The van der Waals surface area contributed by atoms with Crippen LogP contribution in [-0.2, 0) is 14.3 Å². The molecule has 1 fully saturated rings. The number of carbonyl (C=O) groups is 3. The number of rotatable bonds is 8. The third-order valence-corrected chi connectivity index (χ3v) is 4.30. The fourth-order valence-electron chi connectivity index (χ4n) is 2.31. The number of carbonyl (C=O) groups excluding carboxylic acids is 3. The molecule has 0 unspecified atom stereocenters. The molecule has 1 heterocycles. The highest BCUT2D eigenvalue weighted by molar-refractivity contribution is 8.18. The minimum Gasteiger partial charge on any atom is -0.493 e. The number of hydrogen-bond acceptors (Lipinski definition) is 7. The Hall–Kier alpha value is -2.74. The number of ether oxygens (including phenoxy) is 3. The normalized spacial score (nSPS) is 15.4. The van der Waals surface area contributed by atoms with Crippen LogP contribution >= 0.6 is 11.8 Å². The van der Waals surface area contributed by atoms with Crippen molar-refractivity contribution >= 4 is 35.0 Å². The molecule has 0 N–H and O–H groups in total. The van der Waals surface area contributed by atoms with Gasteiger partial charge in [0.15, 0.2) is 11.5 Å². The minimum atomic E-state index is -0.634. The fraction of sp³-hybridized carbons (Fsp3) is 0.316. The van der Waals surface area contributed by atoms with E-state index in [4.69, 9.17) is 14.2 Å². The SMILES string of the molecule is C=CCOc1c(/C=C2\SC(=O)N(CC(=O)OC(C)C)C2=O)cccc1OC. The van der Waals surface area contributed by atoms with E-state index in [-0.39, 0.29) is 17.6 Å². The van der Waals surface area contributed by atoms with Crippen molar-refractivity contribution in [3.63, 3.8) is 0 Å². The van der Waals surface area contributed by atoms with Crippen LogP contribution in [0.3, 0.4) is 0 Å². The van der Waals surface area contributed by atoms with Gasteiger partial charge in [-0.05, 0) is 37.8 Å². The van der Waals surface area contributed by atoms with E-state index < -0.39 is 23.7 Å². The summed E-state index contributed by atoms with van der Waals surface area (Å²) >= 11 is 0.758. The zero-order valence-corrected chi connectivity index (χ0v) is 16.2. The first-order valence-corrected chi connectivity index (χ1v) is 9.04. The van der Waals surface area contributed by atoms with E-state index in [1.807, 2.05) is 0 Å². The smallest absolute Gasteiger partial charge is 0.326 e. The Labute approximate surface area is 161 Å². The van der Waals surface area contributed by atoms with Crippen LogP contribution in [0.5, 0.6) is 11.5 Å². The lowest BCUT2D eigenvalue weighted by molar-refractivity contribution is -0.149. The Balaban J connectivity index is 2.27. The van der Waals surface area contributed by atoms with Crippen LogP contribution in [0.1, 0.15) is 19.4 Å². The molecule has 2 amide bonds. The number of benzene rings is 1. The number of imide groups is 1. The Morgan fingerprint density at radius 1 is 1.33 bits per heavy atom. The molecule has 1 saturated heterocycles. The van der Waals surface area contributed by atoms with Gasteiger partial charge in [-0.2, -0.15) is 0 Å². The molecule has 144 valence electrons. The molecule has 0 aliphatic carbocycles. The van der Waals surface area contributed by atoms with Crippen molar-refractivity contribution in [2.45, 2.75) is 20.0 Å². The van der Waals surface area contributed by atoms with Gasteiger partial charge in [0, 0.05) is 5.56 Å². The van der Waals surface area contributed by atoms with Gasteiger partial charge >= 0.3 is 5.97 Å². The first-order chi connectivity index (χ1) is 12.9. The highest BCUT2D eigenvalue weighted by Gasteiger charge is 2.37. The van der Waals surface area contributed by atoms with Gasteiger partial charge in [0.25, 0.3) is 11.1 Å². The summed E-state index contributed by atoms with van der Waals surface area (Å²) in [6.07, 6.45) is 2.80. The molecule has 8 heteroatoms. The third-order valence-electron chi connectivity index (χ3n) is 3.39. The van der Waals surface area contributed by atoms with E-state index in [9.17, 15) is 14.4 Å². The van der Waals surface area contributed by atoms with Crippen molar-refractivity contribution in [1.82, 2.24) is 4.90 Å². The largest absolute Gasteiger partial charge is 0.493 e. The van der Waals surface area contributed by atoms with E-state index in [1.54, 1.807) is 44.2 Å². The van der Waals surface area contributed by atoms with E-state index in [2.05, 4.69) is 6.58 Å². The standard InChI is InChI=1S/C19H21NO6S/c1-5-9-25-17-13(7-6-8-14(17)24-4)10-15-18(22)20(19(23)27-15)11-16(21)26-12(2)3/h5-8,10,12H,1,9,11H2,2-4H3/b15-10-. The Morgan fingerprint density at radius 3 is 2.70 bits per heavy atom. The number of nitrogens with zero attached hydrogens (tertiary/aromatic N) is 1. The Bertz CT molecular complexity index is 786. The van der Waals surface area contributed by atoms with Crippen LogP contribution in [0.4, 0.5) is 4.79 Å². The molecular weight excluding hydrogens is 370 g/mol. The molecule has 0 spiro atoms. The molecule has 0 bridgehead atoms. The molecule has 0 atom stereocenters. The van der Waals surface area contributed by atoms with E-state index in [0.717, 1.165) is 16.7 Å². The zero-order valence-electron chi connectivity index (χ0n) is 15.4. The lowest BCUT2D eigenvalue weighted by Crippen LogP contribution is -2.35.